The Bertz CT molecular complexity index is 543. The molecule has 4 nitrogen and oxygen atoms in total. The molecule has 1 aromatic heterocycles. The lowest BCUT2D eigenvalue weighted by atomic mass is 10.1. The first kappa shape index (κ1) is 11.0. The van der Waals surface area contributed by atoms with Gasteiger partial charge in [0.25, 0.3) is 0 Å². The van der Waals surface area contributed by atoms with Crippen LogP contribution in [0, 0.1) is 6.92 Å². The molecule has 16 heavy (non-hydrogen) atoms. The first-order chi connectivity index (χ1) is 7.67. The van der Waals surface area contributed by atoms with E-state index < -0.39 is 0 Å². The molecular formula is C11H11ClN2O2. The zero-order valence-corrected chi connectivity index (χ0v) is 10.00. The lowest BCUT2D eigenvalue weighted by Gasteiger charge is -2.08. The van der Waals surface area contributed by atoms with E-state index in [2.05, 4.69) is 9.97 Å². The number of aromatic nitrogens is 2. The lowest BCUT2D eigenvalue weighted by Crippen LogP contribution is -1.97. The summed E-state index contributed by atoms with van der Waals surface area (Å²) >= 11 is 6.18. The number of fused-ring (bicyclic) bond motifs is 1. The van der Waals surface area contributed by atoms with E-state index >= 15 is 0 Å². The Morgan fingerprint density at radius 3 is 2.50 bits per heavy atom. The van der Waals surface area contributed by atoms with Gasteiger partial charge in [-0.25, -0.2) is 0 Å². The summed E-state index contributed by atoms with van der Waals surface area (Å²) in [6.07, 6.45) is 0. The van der Waals surface area contributed by atoms with Crippen LogP contribution in [-0.2, 0) is 0 Å². The second-order valence-corrected chi connectivity index (χ2v) is 3.69. The van der Waals surface area contributed by atoms with Crippen molar-refractivity contribution < 1.29 is 9.47 Å². The average Bonchev–Trinajstić information content (AvgIpc) is 2.32. The Morgan fingerprint density at radius 1 is 1.12 bits per heavy atom. The molecule has 0 aliphatic carbocycles. The molecule has 0 saturated heterocycles. The molecular weight excluding hydrogens is 228 g/mol. The van der Waals surface area contributed by atoms with E-state index in [0.717, 1.165) is 10.9 Å². The molecule has 0 unspecified atom stereocenters. The number of halogens is 1. The number of hydrogen-bond donors (Lipinski definition) is 0. The van der Waals surface area contributed by atoms with Crippen LogP contribution < -0.4 is 9.47 Å². The number of nitrogens with zero attached hydrogens (tertiary/aromatic N) is 2. The van der Waals surface area contributed by atoms with E-state index in [9.17, 15) is 0 Å². The van der Waals surface area contributed by atoms with Crippen molar-refractivity contribution in [1.82, 2.24) is 9.97 Å². The van der Waals surface area contributed by atoms with Crippen LogP contribution in [0.2, 0.25) is 5.02 Å². The smallest absolute Gasteiger partial charge is 0.320 e. The van der Waals surface area contributed by atoms with Crippen LogP contribution in [0.15, 0.2) is 12.1 Å². The van der Waals surface area contributed by atoms with Crippen LogP contribution in [0.5, 0.6) is 11.9 Å². The first-order valence-electron chi connectivity index (χ1n) is 4.72. The third-order valence-electron chi connectivity index (χ3n) is 2.32. The molecule has 0 N–H and O–H groups in total. The number of aryl methyl sites for hydroxylation is 1. The third kappa shape index (κ3) is 1.65. The molecule has 0 bridgehead atoms. The molecule has 1 heterocycles. The summed E-state index contributed by atoms with van der Waals surface area (Å²) in [6.45, 7) is 1.92. The fraction of sp³-hybridized carbons (Fsp3) is 0.273. The largest absolute Gasteiger partial charge is 0.480 e. The minimum Gasteiger partial charge on any atom is -0.480 e. The van der Waals surface area contributed by atoms with Crippen molar-refractivity contribution in [3.63, 3.8) is 0 Å². The maximum absolute atomic E-state index is 6.18. The molecule has 0 spiro atoms. The van der Waals surface area contributed by atoms with E-state index in [1.54, 1.807) is 7.11 Å². The van der Waals surface area contributed by atoms with Crippen molar-refractivity contribution in [2.45, 2.75) is 6.92 Å². The average molecular weight is 239 g/mol. The Kier molecular flexibility index (Phi) is 2.83. The van der Waals surface area contributed by atoms with Crippen molar-refractivity contribution in [1.29, 1.82) is 0 Å². The van der Waals surface area contributed by atoms with Crippen LogP contribution in [0.3, 0.4) is 0 Å². The zero-order chi connectivity index (χ0) is 11.7. The van der Waals surface area contributed by atoms with Gasteiger partial charge in [0, 0.05) is 0 Å². The molecule has 0 atom stereocenters. The Hall–Kier alpha value is -1.55. The van der Waals surface area contributed by atoms with Gasteiger partial charge in [-0.05, 0) is 18.6 Å². The summed E-state index contributed by atoms with van der Waals surface area (Å²) in [6, 6.07) is 4.04. The molecule has 5 heteroatoms. The molecule has 0 aliphatic rings. The molecule has 1 aromatic carbocycles. The van der Waals surface area contributed by atoms with E-state index in [0.29, 0.717) is 16.4 Å². The van der Waals surface area contributed by atoms with Crippen LogP contribution in [0.1, 0.15) is 5.56 Å². The van der Waals surface area contributed by atoms with Gasteiger partial charge >= 0.3 is 6.01 Å². The van der Waals surface area contributed by atoms with Crippen molar-refractivity contribution in [2.24, 2.45) is 0 Å². The van der Waals surface area contributed by atoms with Crippen LogP contribution in [0.4, 0.5) is 0 Å². The number of rotatable bonds is 2. The summed E-state index contributed by atoms with van der Waals surface area (Å²) in [5.74, 6) is 0.462. The summed E-state index contributed by atoms with van der Waals surface area (Å²) in [4.78, 5) is 8.31. The summed E-state index contributed by atoms with van der Waals surface area (Å²) in [7, 11) is 3.05. The number of ether oxygens (including phenoxy) is 2. The highest BCUT2D eigenvalue weighted by atomic mass is 35.5. The molecule has 0 aliphatic heterocycles. The van der Waals surface area contributed by atoms with Crippen molar-refractivity contribution in [3.8, 4) is 11.9 Å². The summed E-state index contributed by atoms with van der Waals surface area (Å²) in [5, 5.41) is 1.37. The standard InChI is InChI=1S/C11H11ClN2O2/c1-6-4-5-7-9(8(6)12)13-11(16-3)14-10(7)15-2/h4-5H,1-3H3. The van der Waals surface area contributed by atoms with Gasteiger partial charge in [0.05, 0.1) is 24.6 Å². The SMILES string of the molecule is COc1nc(OC)c2ccc(C)c(Cl)c2n1. The second kappa shape index (κ2) is 4.14. The van der Waals surface area contributed by atoms with E-state index in [1.165, 1.54) is 7.11 Å². The van der Waals surface area contributed by atoms with Gasteiger partial charge < -0.3 is 9.47 Å². The van der Waals surface area contributed by atoms with Crippen LogP contribution in [-0.4, -0.2) is 24.2 Å². The summed E-state index contributed by atoms with van der Waals surface area (Å²) in [5.41, 5.74) is 1.60. The number of hydrogen-bond acceptors (Lipinski definition) is 4. The Balaban J connectivity index is 2.84. The van der Waals surface area contributed by atoms with Gasteiger partial charge in [-0.1, -0.05) is 17.7 Å². The van der Waals surface area contributed by atoms with Gasteiger partial charge in [-0.2, -0.15) is 9.97 Å². The summed E-state index contributed by atoms with van der Waals surface area (Å²) < 4.78 is 10.2. The van der Waals surface area contributed by atoms with Gasteiger partial charge in [0.2, 0.25) is 5.88 Å². The normalized spacial score (nSPS) is 10.5. The monoisotopic (exact) mass is 238 g/mol. The van der Waals surface area contributed by atoms with Gasteiger partial charge in [-0.15, -0.1) is 0 Å². The fourth-order valence-electron chi connectivity index (χ4n) is 1.46. The maximum atomic E-state index is 6.18. The molecule has 2 rings (SSSR count). The predicted molar refractivity (Wildman–Crippen MR) is 62.4 cm³/mol. The second-order valence-electron chi connectivity index (χ2n) is 3.31. The third-order valence-corrected chi connectivity index (χ3v) is 2.80. The zero-order valence-electron chi connectivity index (χ0n) is 9.24. The Labute approximate surface area is 98.2 Å². The molecule has 0 saturated carbocycles. The van der Waals surface area contributed by atoms with Crippen LogP contribution >= 0.6 is 11.6 Å². The van der Waals surface area contributed by atoms with E-state index in [4.69, 9.17) is 21.1 Å². The topological polar surface area (TPSA) is 44.2 Å². The van der Waals surface area contributed by atoms with E-state index in [1.807, 2.05) is 19.1 Å². The minimum absolute atomic E-state index is 0.247. The predicted octanol–water partition coefficient (Wildman–Crippen LogP) is 2.61. The Morgan fingerprint density at radius 2 is 1.88 bits per heavy atom. The van der Waals surface area contributed by atoms with Crippen molar-refractivity contribution in [3.05, 3.63) is 22.7 Å². The highest BCUT2D eigenvalue weighted by molar-refractivity contribution is 6.36. The number of benzene rings is 1. The molecule has 0 radical (unpaired) electrons. The molecule has 0 fully saturated rings. The quantitative estimate of drug-likeness (QED) is 0.807. The van der Waals surface area contributed by atoms with Gasteiger partial charge in [-0.3, -0.25) is 0 Å². The van der Waals surface area contributed by atoms with Gasteiger partial charge in [0.1, 0.15) is 5.52 Å². The van der Waals surface area contributed by atoms with E-state index in [-0.39, 0.29) is 6.01 Å². The number of methoxy groups -OCH3 is 2. The van der Waals surface area contributed by atoms with Crippen LogP contribution in [0.25, 0.3) is 10.9 Å². The fourth-order valence-corrected chi connectivity index (χ4v) is 1.67. The van der Waals surface area contributed by atoms with Crippen molar-refractivity contribution >= 4 is 22.5 Å². The first-order valence-corrected chi connectivity index (χ1v) is 5.10. The lowest BCUT2D eigenvalue weighted by molar-refractivity contribution is 0.357. The highest BCUT2D eigenvalue weighted by Crippen LogP contribution is 2.31. The molecule has 84 valence electrons. The van der Waals surface area contributed by atoms with Gasteiger partial charge in [0.15, 0.2) is 0 Å². The maximum Gasteiger partial charge on any atom is 0.320 e. The minimum atomic E-state index is 0.247. The molecule has 0 amide bonds. The highest BCUT2D eigenvalue weighted by Gasteiger charge is 2.12. The van der Waals surface area contributed by atoms with Crippen molar-refractivity contribution in [2.75, 3.05) is 14.2 Å². The molecule has 2 aromatic rings.